The molecule has 1 aromatic carbocycles. The summed E-state index contributed by atoms with van der Waals surface area (Å²) in [5.74, 6) is -0.471. The molecule has 2 N–H and O–H groups in total. The second-order valence-electron chi connectivity index (χ2n) is 6.40. The van der Waals surface area contributed by atoms with Crippen LogP contribution < -0.4 is 10.2 Å². The largest absolute Gasteiger partial charge is 0.393 e. The van der Waals surface area contributed by atoms with Crippen LogP contribution in [-0.4, -0.2) is 43.9 Å². The molecular formula is C18H27FN2O3. The number of carbonyl (C=O) groups excluding carboxylic acids is 1. The minimum Gasteiger partial charge on any atom is -0.393 e. The molecule has 1 aromatic rings. The third-order valence-electron chi connectivity index (χ3n) is 4.49. The summed E-state index contributed by atoms with van der Waals surface area (Å²) in [5.41, 5.74) is 1.30. The highest BCUT2D eigenvalue weighted by Crippen LogP contribution is 2.24. The number of nitrogens with zero attached hydrogens (tertiary/aromatic N) is 1. The lowest BCUT2D eigenvalue weighted by atomic mass is 10.1. The van der Waals surface area contributed by atoms with Crippen LogP contribution in [0.1, 0.15) is 31.7 Å². The number of aliphatic hydroxyl groups is 1. The Morgan fingerprint density at radius 3 is 2.79 bits per heavy atom. The fourth-order valence-corrected chi connectivity index (χ4v) is 2.81. The number of hydrogen-bond acceptors (Lipinski definition) is 4. The molecule has 1 fully saturated rings. The first-order valence-electron chi connectivity index (χ1n) is 8.49. The van der Waals surface area contributed by atoms with Crippen LogP contribution in [0.4, 0.5) is 10.1 Å². The summed E-state index contributed by atoms with van der Waals surface area (Å²) < 4.78 is 19.3. The number of carbonyl (C=O) groups is 1. The minimum absolute atomic E-state index is 0.0541. The number of methoxy groups -OCH3 is 1. The number of piperidine rings is 1. The number of amides is 1. The summed E-state index contributed by atoms with van der Waals surface area (Å²) >= 11 is 0. The van der Waals surface area contributed by atoms with Crippen LogP contribution in [0.5, 0.6) is 0 Å². The van der Waals surface area contributed by atoms with Gasteiger partial charge in [-0.2, -0.15) is 0 Å². The number of hydrogen-bond donors (Lipinski definition) is 2. The van der Waals surface area contributed by atoms with Crippen molar-refractivity contribution in [3.05, 3.63) is 29.6 Å². The summed E-state index contributed by atoms with van der Waals surface area (Å²) in [6.45, 7) is 4.02. The van der Waals surface area contributed by atoms with Gasteiger partial charge in [0.05, 0.1) is 11.8 Å². The van der Waals surface area contributed by atoms with E-state index < -0.39 is 0 Å². The molecule has 1 amide bonds. The lowest BCUT2D eigenvalue weighted by Crippen LogP contribution is -2.36. The average molecular weight is 338 g/mol. The van der Waals surface area contributed by atoms with Gasteiger partial charge in [-0.1, -0.05) is 13.0 Å². The van der Waals surface area contributed by atoms with Crippen LogP contribution in [-0.2, 0) is 16.1 Å². The molecule has 1 aliphatic heterocycles. The Morgan fingerprint density at radius 1 is 1.46 bits per heavy atom. The normalized spacial score (nSPS) is 16.9. The second-order valence-corrected chi connectivity index (χ2v) is 6.40. The highest BCUT2D eigenvalue weighted by molar-refractivity contribution is 5.78. The molecule has 1 aliphatic rings. The van der Waals surface area contributed by atoms with Gasteiger partial charge >= 0.3 is 0 Å². The Morgan fingerprint density at radius 2 is 2.17 bits per heavy atom. The van der Waals surface area contributed by atoms with Crippen LogP contribution in [0.15, 0.2) is 18.2 Å². The number of halogens is 1. The maximum atomic E-state index is 14.3. The highest BCUT2D eigenvalue weighted by Gasteiger charge is 2.20. The van der Waals surface area contributed by atoms with E-state index in [4.69, 9.17) is 4.74 Å². The number of benzene rings is 1. The Hall–Kier alpha value is -1.66. The SMILES string of the molecule is COCCC(C)C(=O)NCc1ccc(N2CCC(O)CC2)c(F)c1. The summed E-state index contributed by atoms with van der Waals surface area (Å²) in [6, 6.07) is 5.06. The molecule has 1 atom stereocenters. The quantitative estimate of drug-likeness (QED) is 0.799. The van der Waals surface area contributed by atoms with E-state index in [0.29, 0.717) is 51.2 Å². The number of rotatable bonds is 7. The van der Waals surface area contributed by atoms with Gasteiger partial charge in [-0.15, -0.1) is 0 Å². The van der Waals surface area contributed by atoms with Crippen molar-refractivity contribution >= 4 is 11.6 Å². The highest BCUT2D eigenvalue weighted by atomic mass is 19.1. The third-order valence-corrected chi connectivity index (χ3v) is 4.49. The molecule has 134 valence electrons. The molecule has 5 nitrogen and oxygen atoms in total. The van der Waals surface area contributed by atoms with E-state index in [2.05, 4.69) is 5.32 Å². The van der Waals surface area contributed by atoms with E-state index in [-0.39, 0.29) is 23.7 Å². The Balaban J connectivity index is 1.89. The van der Waals surface area contributed by atoms with E-state index in [9.17, 15) is 14.3 Å². The predicted molar refractivity (Wildman–Crippen MR) is 91.4 cm³/mol. The number of anilines is 1. The van der Waals surface area contributed by atoms with Gasteiger partial charge in [0.2, 0.25) is 5.91 Å². The number of aliphatic hydroxyl groups excluding tert-OH is 1. The lowest BCUT2D eigenvalue weighted by Gasteiger charge is -2.31. The zero-order chi connectivity index (χ0) is 17.5. The maximum absolute atomic E-state index is 14.3. The zero-order valence-corrected chi connectivity index (χ0v) is 14.4. The van der Waals surface area contributed by atoms with Crippen molar-refractivity contribution in [2.24, 2.45) is 5.92 Å². The first kappa shape index (κ1) is 18.7. The molecule has 0 aliphatic carbocycles. The van der Waals surface area contributed by atoms with Crippen LogP contribution in [0.25, 0.3) is 0 Å². The van der Waals surface area contributed by atoms with Crippen molar-refractivity contribution in [2.75, 3.05) is 31.7 Å². The number of nitrogens with one attached hydrogen (secondary N) is 1. The average Bonchev–Trinajstić information content (AvgIpc) is 2.58. The van der Waals surface area contributed by atoms with E-state index >= 15 is 0 Å². The van der Waals surface area contributed by atoms with Gasteiger partial charge in [-0.05, 0) is 37.0 Å². The lowest BCUT2D eigenvalue weighted by molar-refractivity contribution is -0.125. The predicted octanol–water partition coefficient (Wildman–Crippen LogP) is 2.08. The van der Waals surface area contributed by atoms with Crippen molar-refractivity contribution in [1.29, 1.82) is 0 Å². The van der Waals surface area contributed by atoms with Gasteiger partial charge in [0.1, 0.15) is 5.82 Å². The fourth-order valence-electron chi connectivity index (χ4n) is 2.81. The van der Waals surface area contributed by atoms with Crippen LogP contribution in [0.2, 0.25) is 0 Å². The summed E-state index contributed by atoms with van der Waals surface area (Å²) in [6.07, 6.45) is 1.71. The topological polar surface area (TPSA) is 61.8 Å². The maximum Gasteiger partial charge on any atom is 0.223 e. The molecular weight excluding hydrogens is 311 g/mol. The van der Waals surface area contributed by atoms with E-state index in [0.717, 1.165) is 5.56 Å². The van der Waals surface area contributed by atoms with Crippen molar-refractivity contribution in [2.45, 2.75) is 38.8 Å². The van der Waals surface area contributed by atoms with Gasteiger partial charge < -0.3 is 20.1 Å². The molecule has 24 heavy (non-hydrogen) atoms. The first-order valence-corrected chi connectivity index (χ1v) is 8.49. The molecule has 1 heterocycles. The van der Waals surface area contributed by atoms with Crippen molar-refractivity contribution in [3.63, 3.8) is 0 Å². The molecule has 0 spiro atoms. The van der Waals surface area contributed by atoms with Gasteiger partial charge in [0.25, 0.3) is 0 Å². The molecule has 1 unspecified atom stereocenters. The van der Waals surface area contributed by atoms with Crippen molar-refractivity contribution < 1.29 is 19.0 Å². The van der Waals surface area contributed by atoms with Gasteiger partial charge in [0, 0.05) is 39.3 Å². The van der Waals surface area contributed by atoms with Crippen LogP contribution in [0.3, 0.4) is 0 Å². The number of ether oxygens (including phenoxy) is 1. The summed E-state index contributed by atoms with van der Waals surface area (Å²) in [7, 11) is 1.61. The second kappa shape index (κ2) is 8.99. The third kappa shape index (κ3) is 5.18. The Kier molecular flexibility index (Phi) is 6.99. The molecule has 6 heteroatoms. The Labute approximate surface area is 142 Å². The van der Waals surface area contributed by atoms with Crippen LogP contribution in [0, 0.1) is 11.7 Å². The standard InChI is InChI=1S/C18H27FN2O3/c1-13(7-10-24-2)18(23)20-12-14-3-4-17(16(19)11-14)21-8-5-15(22)6-9-21/h3-4,11,13,15,22H,5-10,12H2,1-2H3,(H,20,23). The fraction of sp³-hybridized carbons (Fsp3) is 0.611. The van der Waals surface area contributed by atoms with Gasteiger partial charge in [-0.25, -0.2) is 4.39 Å². The van der Waals surface area contributed by atoms with E-state index in [1.807, 2.05) is 17.9 Å². The minimum atomic E-state index is -0.287. The van der Waals surface area contributed by atoms with Crippen molar-refractivity contribution in [1.82, 2.24) is 5.32 Å². The summed E-state index contributed by atoms with van der Waals surface area (Å²) in [5, 5.41) is 12.4. The zero-order valence-electron chi connectivity index (χ0n) is 14.4. The molecule has 0 radical (unpaired) electrons. The molecule has 0 aromatic heterocycles. The summed E-state index contributed by atoms with van der Waals surface area (Å²) in [4.78, 5) is 13.9. The smallest absolute Gasteiger partial charge is 0.223 e. The first-order chi connectivity index (χ1) is 11.5. The molecule has 0 bridgehead atoms. The monoisotopic (exact) mass is 338 g/mol. The van der Waals surface area contributed by atoms with Crippen molar-refractivity contribution in [3.8, 4) is 0 Å². The molecule has 2 rings (SSSR count). The van der Waals surface area contributed by atoms with Gasteiger partial charge in [0.15, 0.2) is 0 Å². The van der Waals surface area contributed by atoms with Crippen LogP contribution >= 0.6 is 0 Å². The van der Waals surface area contributed by atoms with E-state index in [1.165, 1.54) is 6.07 Å². The van der Waals surface area contributed by atoms with E-state index in [1.54, 1.807) is 13.2 Å². The molecule has 0 saturated carbocycles. The van der Waals surface area contributed by atoms with Gasteiger partial charge in [-0.3, -0.25) is 4.79 Å². The molecule has 1 saturated heterocycles. The Bertz CT molecular complexity index is 545.